The largest absolute Gasteiger partial charge is 0.496 e. The Hall–Kier alpha value is -4.31. The highest BCUT2D eigenvalue weighted by Gasteiger charge is 2.28. The van der Waals surface area contributed by atoms with Gasteiger partial charge in [-0.3, -0.25) is 4.79 Å². The summed E-state index contributed by atoms with van der Waals surface area (Å²) < 4.78 is 41.3. The molecule has 3 aromatic carbocycles. The number of amides is 1. The SMILES string of the molecule is COc1ccc(F)cc1[C@H](Oc1ccc2c(cnn2-c2ccc(F)cc2)c1)[C@H](C)NC(=O)c1ncc(C)s1. The van der Waals surface area contributed by atoms with Gasteiger partial charge in [0, 0.05) is 22.0 Å². The molecule has 7 nitrogen and oxygen atoms in total. The zero-order valence-corrected chi connectivity index (χ0v) is 21.6. The molecule has 0 radical (unpaired) electrons. The van der Waals surface area contributed by atoms with Crippen molar-refractivity contribution in [2.24, 2.45) is 0 Å². The second-order valence-corrected chi connectivity index (χ2v) is 9.95. The summed E-state index contributed by atoms with van der Waals surface area (Å²) in [6, 6.07) is 15.0. The van der Waals surface area contributed by atoms with Crippen LogP contribution in [-0.4, -0.2) is 33.8 Å². The van der Waals surface area contributed by atoms with E-state index in [1.54, 1.807) is 48.3 Å². The number of hydrogen-bond acceptors (Lipinski definition) is 6. The molecule has 2 aromatic heterocycles. The number of carbonyl (C=O) groups excluding carboxylic acids is 1. The van der Waals surface area contributed by atoms with Crippen LogP contribution < -0.4 is 14.8 Å². The van der Waals surface area contributed by atoms with Crippen molar-refractivity contribution in [1.82, 2.24) is 20.1 Å². The first-order valence-corrected chi connectivity index (χ1v) is 12.6. The van der Waals surface area contributed by atoms with Gasteiger partial charge < -0.3 is 14.8 Å². The molecular formula is C28H24F2N4O3S. The number of fused-ring (bicyclic) bond motifs is 1. The quantitative estimate of drug-likeness (QED) is 0.264. The first-order chi connectivity index (χ1) is 18.3. The van der Waals surface area contributed by atoms with Crippen molar-refractivity contribution in [2.45, 2.75) is 26.0 Å². The second-order valence-electron chi connectivity index (χ2n) is 8.72. The minimum absolute atomic E-state index is 0.328. The number of halogens is 2. The van der Waals surface area contributed by atoms with Crippen LogP contribution in [0.2, 0.25) is 0 Å². The lowest BCUT2D eigenvalue weighted by molar-refractivity contribution is 0.0879. The van der Waals surface area contributed by atoms with E-state index in [0.717, 1.165) is 15.8 Å². The molecule has 0 saturated heterocycles. The number of benzene rings is 3. The Bertz CT molecular complexity index is 1600. The van der Waals surface area contributed by atoms with Gasteiger partial charge in [-0.15, -0.1) is 11.3 Å². The monoisotopic (exact) mass is 534 g/mol. The van der Waals surface area contributed by atoms with Crippen molar-refractivity contribution in [2.75, 3.05) is 7.11 Å². The molecule has 0 aliphatic rings. The lowest BCUT2D eigenvalue weighted by Gasteiger charge is -2.27. The first kappa shape index (κ1) is 25.3. The molecule has 1 N–H and O–H groups in total. The van der Waals surface area contributed by atoms with Gasteiger partial charge in [0.25, 0.3) is 5.91 Å². The molecule has 0 bridgehead atoms. The normalized spacial score (nSPS) is 12.8. The Balaban J connectivity index is 1.47. The molecule has 2 atom stereocenters. The number of nitrogens with one attached hydrogen (secondary N) is 1. The van der Waals surface area contributed by atoms with Crippen LogP contribution in [0, 0.1) is 18.6 Å². The average Bonchev–Trinajstić information content (AvgIpc) is 3.53. The van der Waals surface area contributed by atoms with E-state index in [-0.39, 0.29) is 11.7 Å². The highest BCUT2D eigenvalue weighted by molar-refractivity contribution is 7.13. The summed E-state index contributed by atoms with van der Waals surface area (Å²) in [6.45, 7) is 3.65. The third-order valence-corrected chi connectivity index (χ3v) is 6.91. The van der Waals surface area contributed by atoms with E-state index in [4.69, 9.17) is 9.47 Å². The Morgan fingerprint density at radius 3 is 2.50 bits per heavy atom. The molecule has 10 heteroatoms. The lowest BCUT2D eigenvalue weighted by Crippen LogP contribution is -2.39. The highest BCUT2D eigenvalue weighted by atomic mass is 32.1. The molecule has 0 aliphatic heterocycles. The Labute approximate surface area is 221 Å². The molecule has 0 saturated carbocycles. The van der Waals surface area contributed by atoms with Crippen LogP contribution in [0.4, 0.5) is 8.78 Å². The Kier molecular flexibility index (Phi) is 7.06. The van der Waals surface area contributed by atoms with Crippen LogP contribution in [-0.2, 0) is 0 Å². The van der Waals surface area contributed by atoms with Crippen LogP contribution in [0.5, 0.6) is 11.5 Å². The zero-order valence-electron chi connectivity index (χ0n) is 20.8. The molecule has 0 spiro atoms. The first-order valence-electron chi connectivity index (χ1n) is 11.8. The van der Waals surface area contributed by atoms with Crippen LogP contribution in [0.25, 0.3) is 16.6 Å². The van der Waals surface area contributed by atoms with Gasteiger partial charge in [-0.25, -0.2) is 18.4 Å². The number of hydrogen-bond donors (Lipinski definition) is 1. The smallest absolute Gasteiger partial charge is 0.280 e. The third-order valence-electron chi connectivity index (χ3n) is 6.00. The summed E-state index contributed by atoms with van der Waals surface area (Å²) >= 11 is 1.28. The van der Waals surface area contributed by atoms with Crippen molar-refractivity contribution < 1.29 is 23.0 Å². The van der Waals surface area contributed by atoms with Crippen LogP contribution in [0.1, 0.15) is 33.3 Å². The van der Waals surface area contributed by atoms with Gasteiger partial charge in [-0.05, 0) is 74.5 Å². The fourth-order valence-corrected chi connectivity index (χ4v) is 4.85. The summed E-state index contributed by atoms with van der Waals surface area (Å²) in [5.41, 5.74) is 1.95. The maximum absolute atomic E-state index is 14.3. The van der Waals surface area contributed by atoms with Gasteiger partial charge in [-0.2, -0.15) is 5.10 Å². The van der Waals surface area contributed by atoms with Gasteiger partial charge in [0.2, 0.25) is 0 Å². The maximum Gasteiger partial charge on any atom is 0.280 e. The average molecular weight is 535 g/mol. The van der Waals surface area contributed by atoms with Crippen molar-refractivity contribution in [3.05, 3.63) is 100 Å². The number of rotatable bonds is 8. The van der Waals surface area contributed by atoms with E-state index in [0.29, 0.717) is 27.8 Å². The van der Waals surface area contributed by atoms with Crippen molar-refractivity contribution in [1.29, 1.82) is 0 Å². The van der Waals surface area contributed by atoms with Crippen LogP contribution in [0.15, 0.2) is 73.1 Å². The van der Waals surface area contributed by atoms with Crippen molar-refractivity contribution >= 4 is 28.1 Å². The maximum atomic E-state index is 14.3. The van der Waals surface area contributed by atoms with Gasteiger partial charge in [0.05, 0.1) is 30.6 Å². The number of carbonyl (C=O) groups is 1. The molecule has 2 heterocycles. The fraction of sp³-hybridized carbons (Fsp3) is 0.179. The van der Waals surface area contributed by atoms with E-state index in [9.17, 15) is 13.6 Å². The van der Waals surface area contributed by atoms with E-state index < -0.39 is 18.0 Å². The molecule has 0 unspecified atom stereocenters. The number of nitrogens with zero attached hydrogens (tertiary/aromatic N) is 3. The number of aryl methyl sites for hydroxylation is 1. The van der Waals surface area contributed by atoms with Crippen LogP contribution >= 0.6 is 11.3 Å². The Morgan fingerprint density at radius 1 is 1.03 bits per heavy atom. The van der Waals surface area contributed by atoms with Gasteiger partial charge >= 0.3 is 0 Å². The second kappa shape index (κ2) is 10.6. The van der Waals surface area contributed by atoms with Gasteiger partial charge in [0.1, 0.15) is 29.2 Å². The number of ether oxygens (including phenoxy) is 2. The van der Waals surface area contributed by atoms with E-state index >= 15 is 0 Å². The van der Waals surface area contributed by atoms with Gasteiger partial charge in [0.15, 0.2) is 5.01 Å². The van der Waals surface area contributed by atoms with E-state index in [1.165, 1.54) is 48.8 Å². The predicted molar refractivity (Wildman–Crippen MR) is 141 cm³/mol. The molecule has 1 amide bonds. The van der Waals surface area contributed by atoms with Crippen molar-refractivity contribution in [3.8, 4) is 17.2 Å². The fourth-order valence-electron chi connectivity index (χ4n) is 4.19. The van der Waals surface area contributed by atoms with E-state index in [2.05, 4.69) is 15.4 Å². The van der Waals surface area contributed by atoms with Crippen molar-refractivity contribution in [3.63, 3.8) is 0 Å². The highest BCUT2D eigenvalue weighted by Crippen LogP contribution is 2.34. The summed E-state index contributed by atoms with van der Waals surface area (Å²) in [7, 11) is 1.49. The van der Waals surface area contributed by atoms with E-state index in [1.807, 2.05) is 13.0 Å². The lowest BCUT2D eigenvalue weighted by atomic mass is 10.0. The van der Waals surface area contributed by atoms with Gasteiger partial charge in [-0.1, -0.05) is 0 Å². The summed E-state index contributed by atoms with van der Waals surface area (Å²) in [4.78, 5) is 17.9. The molecule has 0 fully saturated rings. The topological polar surface area (TPSA) is 78.3 Å². The molecule has 5 aromatic rings. The number of methoxy groups -OCH3 is 1. The summed E-state index contributed by atoms with van der Waals surface area (Å²) in [5.74, 6) is -0.229. The molecule has 38 heavy (non-hydrogen) atoms. The molecular weight excluding hydrogens is 510 g/mol. The standard InChI is InChI=1S/C28H24F2N4O3S/c1-16-14-31-28(38-16)27(35)33-17(2)26(23-13-20(30)6-11-25(23)36-3)37-22-9-10-24-18(12-22)15-32-34(24)21-7-4-19(29)5-8-21/h4-15,17,26H,1-3H3,(H,33,35)/t17-,26+/m0/s1. The number of thiazole rings is 1. The number of aromatic nitrogens is 3. The summed E-state index contributed by atoms with van der Waals surface area (Å²) in [6.07, 6.45) is 2.52. The molecule has 5 rings (SSSR count). The van der Waals surface area contributed by atoms with Crippen LogP contribution in [0.3, 0.4) is 0 Å². The minimum Gasteiger partial charge on any atom is -0.496 e. The minimum atomic E-state index is -0.796. The third kappa shape index (κ3) is 5.21. The zero-order chi connectivity index (χ0) is 26.8. The Morgan fingerprint density at radius 2 is 1.79 bits per heavy atom. The summed E-state index contributed by atoms with van der Waals surface area (Å²) in [5, 5.41) is 8.47. The predicted octanol–water partition coefficient (Wildman–Crippen LogP) is 6.02. The molecule has 0 aliphatic carbocycles. The molecule has 194 valence electrons.